The van der Waals surface area contributed by atoms with Gasteiger partial charge in [0.15, 0.2) is 0 Å². The predicted molar refractivity (Wildman–Crippen MR) is 103 cm³/mol. The molecule has 2 atom stereocenters. The molecule has 2 aromatic carbocycles. The molecule has 29 heavy (non-hydrogen) atoms. The molecule has 1 aliphatic heterocycles. The number of aryl methyl sites for hydroxylation is 1. The van der Waals surface area contributed by atoms with Crippen LogP contribution in [0.25, 0.3) is 0 Å². The largest absolute Gasteiger partial charge is 0.418 e. The first kappa shape index (κ1) is 19.3. The molecule has 2 heterocycles. The average Bonchev–Trinajstić information content (AvgIpc) is 3.07. The first-order valence-corrected chi connectivity index (χ1v) is 9.60. The van der Waals surface area contributed by atoms with E-state index in [0.717, 1.165) is 23.4 Å². The Morgan fingerprint density at radius 2 is 1.79 bits per heavy atom. The Hall–Kier alpha value is -3.01. The molecule has 0 spiro atoms. The molecule has 3 aromatic rings. The smallest absolute Gasteiger partial charge is 0.324 e. The first-order valence-electron chi connectivity index (χ1n) is 8.72. The summed E-state index contributed by atoms with van der Waals surface area (Å²) < 4.78 is 41.6. The molecular formula is C19H16F3N5OS. The minimum Gasteiger partial charge on any atom is -0.324 e. The maximum absolute atomic E-state index is 13.3. The number of nitrogens with one attached hydrogen (secondary N) is 2. The summed E-state index contributed by atoms with van der Waals surface area (Å²) in [6, 6.07) is 13.7. The number of carbonyl (C=O) groups is 1. The molecule has 10 heteroatoms. The predicted octanol–water partition coefficient (Wildman–Crippen LogP) is 4.00. The van der Waals surface area contributed by atoms with Crippen molar-refractivity contribution in [1.82, 2.24) is 14.9 Å². The average molecular weight is 419 g/mol. The van der Waals surface area contributed by atoms with Gasteiger partial charge in [-0.25, -0.2) is 4.68 Å². The normalized spacial score (nSPS) is 18.6. The first-order chi connectivity index (χ1) is 13.8. The van der Waals surface area contributed by atoms with Crippen LogP contribution >= 0.6 is 11.8 Å². The van der Waals surface area contributed by atoms with Crippen molar-refractivity contribution in [1.29, 1.82) is 0 Å². The van der Waals surface area contributed by atoms with E-state index < -0.39 is 28.9 Å². The zero-order valence-corrected chi connectivity index (χ0v) is 16.0. The quantitative estimate of drug-likeness (QED) is 0.672. The fraction of sp³-hybridized carbons (Fsp3) is 0.211. The minimum atomic E-state index is -4.57. The monoisotopic (exact) mass is 419 g/mol. The lowest BCUT2D eigenvalue weighted by Gasteiger charge is -2.32. The van der Waals surface area contributed by atoms with Gasteiger partial charge < -0.3 is 10.7 Å². The zero-order chi connectivity index (χ0) is 20.6. The van der Waals surface area contributed by atoms with E-state index in [4.69, 9.17) is 0 Å². The van der Waals surface area contributed by atoms with E-state index in [-0.39, 0.29) is 5.69 Å². The second-order valence-electron chi connectivity index (χ2n) is 6.45. The number of amides is 1. The highest BCUT2D eigenvalue weighted by Gasteiger charge is 2.39. The third kappa shape index (κ3) is 3.80. The molecule has 0 unspecified atom stereocenters. The lowest BCUT2D eigenvalue weighted by atomic mass is 10.0. The van der Waals surface area contributed by atoms with Crippen molar-refractivity contribution >= 4 is 23.4 Å². The van der Waals surface area contributed by atoms with Gasteiger partial charge in [-0.2, -0.15) is 13.2 Å². The van der Waals surface area contributed by atoms with Gasteiger partial charge in [-0.1, -0.05) is 54.2 Å². The van der Waals surface area contributed by atoms with Crippen molar-refractivity contribution in [3.8, 4) is 0 Å². The molecule has 150 valence electrons. The number of nitrogens with zero attached hydrogens (tertiary/aromatic N) is 3. The molecule has 0 fully saturated rings. The topological polar surface area (TPSA) is 71.8 Å². The number of hydrogen-bond donors (Lipinski definition) is 2. The molecule has 2 N–H and O–H groups in total. The van der Waals surface area contributed by atoms with E-state index in [1.165, 1.54) is 18.2 Å². The molecule has 0 saturated carbocycles. The molecule has 6 nitrogen and oxygen atoms in total. The number of aromatic nitrogens is 3. The van der Waals surface area contributed by atoms with Gasteiger partial charge in [0, 0.05) is 0 Å². The molecule has 0 saturated heterocycles. The number of fused-ring (bicyclic) bond motifs is 1. The molecule has 1 aliphatic rings. The zero-order valence-electron chi connectivity index (χ0n) is 15.1. The van der Waals surface area contributed by atoms with Gasteiger partial charge in [0.1, 0.15) is 11.1 Å². The highest BCUT2D eigenvalue weighted by atomic mass is 32.2. The van der Waals surface area contributed by atoms with Gasteiger partial charge in [-0.3, -0.25) is 4.79 Å². The van der Waals surface area contributed by atoms with Gasteiger partial charge in [-0.05, 0) is 24.6 Å². The van der Waals surface area contributed by atoms with E-state index >= 15 is 0 Å². The number of rotatable bonds is 3. The standard InChI is InChI=1S/C19H16F3N5OS/c1-11-24-25-18-27(11)26-15(12-7-3-2-4-8-12)16(29-18)17(28)23-14-10-6-5-9-13(14)19(20,21)22/h2-10,15-16,26H,1H3,(H,23,28)/t15-,16+/m0/s1. The Bertz CT molecular complexity index is 1040. The van der Waals surface area contributed by atoms with Crippen molar-refractivity contribution in [2.75, 3.05) is 10.7 Å². The van der Waals surface area contributed by atoms with Gasteiger partial charge in [0.2, 0.25) is 11.1 Å². The summed E-state index contributed by atoms with van der Waals surface area (Å²) in [5.74, 6) is 0.0645. The van der Waals surface area contributed by atoms with Crippen LogP contribution in [-0.2, 0) is 11.0 Å². The van der Waals surface area contributed by atoms with Gasteiger partial charge >= 0.3 is 6.18 Å². The van der Waals surface area contributed by atoms with E-state index in [2.05, 4.69) is 20.9 Å². The fourth-order valence-electron chi connectivity index (χ4n) is 3.11. The van der Waals surface area contributed by atoms with Crippen LogP contribution in [0.2, 0.25) is 0 Å². The molecule has 1 aromatic heterocycles. The van der Waals surface area contributed by atoms with Crippen LogP contribution in [-0.4, -0.2) is 26.0 Å². The Labute approximate surface area is 168 Å². The van der Waals surface area contributed by atoms with Crippen molar-refractivity contribution in [3.63, 3.8) is 0 Å². The van der Waals surface area contributed by atoms with Gasteiger partial charge in [-0.15, -0.1) is 10.2 Å². The van der Waals surface area contributed by atoms with Gasteiger partial charge in [0.05, 0.1) is 17.3 Å². The lowest BCUT2D eigenvalue weighted by molar-refractivity contribution is -0.137. The van der Waals surface area contributed by atoms with Crippen molar-refractivity contribution in [3.05, 3.63) is 71.5 Å². The molecule has 0 radical (unpaired) electrons. The molecule has 0 aliphatic carbocycles. The Balaban J connectivity index is 1.68. The molecule has 4 rings (SSSR count). The number of halogens is 3. The van der Waals surface area contributed by atoms with E-state index in [0.29, 0.717) is 11.0 Å². The number of benzene rings is 2. The lowest BCUT2D eigenvalue weighted by Crippen LogP contribution is -2.41. The summed E-state index contributed by atoms with van der Waals surface area (Å²) >= 11 is 1.16. The molecule has 1 amide bonds. The number of carbonyl (C=O) groups excluding carboxylic acids is 1. The summed E-state index contributed by atoms with van der Waals surface area (Å²) in [7, 11) is 0. The van der Waals surface area contributed by atoms with Gasteiger partial charge in [0.25, 0.3) is 0 Å². The van der Waals surface area contributed by atoms with Crippen LogP contribution in [0.5, 0.6) is 0 Å². The summed E-state index contributed by atoms with van der Waals surface area (Å²) in [4.78, 5) is 13.1. The maximum atomic E-state index is 13.3. The van der Waals surface area contributed by atoms with Crippen LogP contribution in [0.4, 0.5) is 18.9 Å². The fourth-order valence-corrected chi connectivity index (χ4v) is 4.24. The highest BCUT2D eigenvalue weighted by molar-refractivity contribution is 8.00. The summed E-state index contributed by atoms with van der Waals surface area (Å²) in [6.07, 6.45) is -4.57. The van der Waals surface area contributed by atoms with Crippen LogP contribution in [0.15, 0.2) is 59.8 Å². The summed E-state index contributed by atoms with van der Waals surface area (Å²) in [5, 5.41) is 10.2. The maximum Gasteiger partial charge on any atom is 0.418 e. The minimum absolute atomic E-state index is 0.277. The molecule has 0 bridgehead atoms. The number of alkyl halides is 3. The van der Waals surface area contributed by atoms with E-state index in [1.54, 1.807) is 11.6 Å². The van der Waals surface area contributed by atoms with E-state index in [9.17, 15) is 18.0 Å². The second-order valence-corrected chi connectivity index (χ2v) is 7.56. The van der Waals surface area contributed by atoms with E-state index in [1.807, 2.05) is 30.3 Å². The van der Waals surface area contributed by atoms with Crippen molar-refractivity contribution in [2.45, 2.75) is 29.5 Å². The Morgan fingerprint density at radius 1 is 1.10 bits per heavy atom. The van der Waals surface area contributed by atoms with Crippen LogP contribution in [0, 0.1) is 6.92 Å². The number of para-hydroxylation sites is 1. The third-order valence-electron chi connectivity index (χ3n) is 4.51. The molecular weight excluding hydrogens is 403 g/mol. The summed E-state index contributed by atoms with van der Waals surface area (Å²) in [6.45, 7) is 1.77. The van der Waals surface area contributed by atoms with Crippen LogP contribution in [0.3, 0.4) is 0 Å². The SMILES string of the molecule is Cc1nnc2n1N[C@@H](c1ccccc1)[C@H](C(=O)Nc1ccccc1C(F)(F)F)S2. The third-order valence-corrected chi connectivity index (χ3v) is 5.72. The van der Waals surface area contributed by atoms with Crippen LogP contribution in [0.1, 0.15) is 23.0 Å². The number of anilines is 1. The van der Waals surface area contributed by atoms with Crippen LogP contribution < -0.4 is 10.7 Å². The number of thioether (sulfide) groups is 1. The Morgan fingerprint density at radius 3 is 2.52 bits per heavy atom. The Kier molecular flexibility index (Phi) is 4.95. The summed E-state index contributed by atoms with van der Waals surface area (Å²) in [5.41, 5.74) is 2.86. The highest BCUT2D eigenvalue weighted by Crippen LogP contribution is 2.39. The second kappa shape index (κ2) is 7.43. The van der Waals surface area contributed by atoms with Crippen molar-refractivity contribution < 1.29 is 18.0 Å². The van der Waals surface area contributed by atoms with Crippen molar-refractivity contribution in [2.24, 2.45) is 0 Å². The number of hydrogen-bond acceptors (Lipinski definition) is 5.